The van der Waals surface area contributed by atoms with E-state index in [1.54, 1.807) is 0 Å². The summed E-state index contributed by atoms with van der Waals surface area (Å²) in [5.74, 6) is -3.65. The van der Waals surface area contributed by atoms with Gasteiger partial charge >= 0.3 is 5.97 Å². The van der Waals surface area contributed by atoms with Gasteiger partial charge in [0.15, 0.2) is 17.3 Å². The van der Waals surface area contributed by atoms with Gasteiger partial charge in [-0.2, -0.15) is 0 Å². The van der Waals surface area contributed by atoms with Gasteiger partial charge in [0.2, 0.25) is 17.5 Å². The Balaban J connectivity index is 1.41. The van der Waals surface area contributed by atoms with Crippen LogP contribution >= 0.6 is 0 Å². The Kier molecular flexibility index (Phi) is 8.33. The molecule has 0 aliphatic carbocycles. The first kappa shape index (κ1) is 30.2. The number of phenols is 5. The van der Waals surface area contributed by atoms with Crippen molar-refractivity contribution in [2.45, 2.75) is 30.7 Å². The molecule has 1 saturated heterocycles. The van der Waals surface area contributed by atoms with Crippen molar-refractivity contribution in [3.8, 4) is 45.8 Å². The minimum Gasteiger partial charge on any atom is -0.508 e. The van der Waals surface area contributed by atoms with Crippen molar-refractivity contribution in [3.63, 3.8) is 0 Å². The summed E-state index contributed by atoms with van der Waals surface area (Å²) in [5, 5.41) is 80.2. The molecule has 5 atom stereocenters. The van der Waals surface area contributed by atoms with Crippen molar-refractivity contribution in [1.82, 2.24) is 0 Å². The molecule has 0 amide bonds. The summed E-state index contributed by atoms with van der Waals surface area (Å²) in [4.78, 5) is 25.8. The number of rotatable bonds is 7. The molecule has 2 heterocycles. The lowest BCUT2D eigenvalue weighted by Crippen LogP contribution is -2.60. The second-order valence-electron chi connectivity index (χ2n) is 9.82. The van der Waals surface area contributed by atoms with E-state index in [-0.39, 0.29) is 33.8 Å². The fraction of sp³-hybridized carbons (Fsp3) is 0.200. The van der Waals surface area contributed by atoms with Crippen LogP contribution in [0.1, 0.15) is 5.56 Å². The van der Waals surface area contributed by atoms with E-state index in [0.29, 0.717) is 5.56 Å². The normalized spacial score (nSPS) is 21.8. The first-order chi connectivity index (χ1) is 20.9. The topological polar surface area (TPSA) is 237 Å². The standard InChI is InChI=1S/C30H26O14/c31-15-5-3-14(4-6-15)28-29(25(38)23-19(35)10-16(32)11-20(23)42-28)44-30-27(40)26(39)24(37)21(43-30)12-41-22(36)8-2-13-1-7-17(33)18(34)9-13/h1-11,21,24,26-27,30-35,37,39-40H,12H2/t21?,24-,26-,27?,30+/m1/s1. The van der Waals surface area contributed by atoms with E-state index in [0.717, 1.165) is 18.2 Å². The van der Waals surface area contributed by atoms with Gasteiger partial charge in [0.25, 0.3) is 0 Å². The number of esters is 1. The van der Waals surface area contributed by atoms with Crippen LogP contribution in [-0.2, 0) is 14.3 Å². The molecule has 5 rings (SSSR count). The maximum atomic E-state index is 13.5. The molecular formula is C30H26O14. The van der Waals surface area contributed by atoms with Crippen molar-refractivity contribution in [2.24, 2.45) is 0 Å². The highest BCUT2D eigenvalue weighted by Crippen LogP contribution is 2.37. The van der Waals surface area contributed by atoms with E-state index in [1.165, 1.54) is 48.5 Å². The zero-order chi connectivity index (χ0) is 31.7. The predicted molar refractivity (Wildman–Crippen MR) is 150 cm³/mol. The fourth-order valence-corrected chi connectivity index (χ4v) is 4.47. The molecule has 1 fully saturated rings. The van der Waals surface area contributed by atoms with E-state index >= 15 is 0 Å². The highest BCUT2D eigenvalue weighted by Gasteiger charge is 2.46. The van der Waals surface area contributed by atoms with Crippen LogP contribution in [0.25, 0.3) is 28.4 Å². The summed E-state index contributed by atoms with van der Waals surface area (Å²) in [6, 6.07) is 11.2. The number of benzene rings is 3. The maximum Gasteiger partial charge on any atom is 0.330 e. The second-order valence-corrected chi connectivity index (χ2v) is 9.82. The number of carbonyl (C=O) groups excluding carboxylic acids is 1. The van der Waals surface area contributed by atoms with Gasteiger partial charge in [-0.1, -0.05) is 6.07 Å². The van der Waals surface area contributed by atoms with Crippen molar-refractivity contribution in [2.75, 3.05) is 6.61 Å². The molecule has 0 bridgehead atoms. The van der Waals surface area contributed by atoms with Gasteiger partial charge in [0, 0.05) is 23.8 Å². The van der Waals surface area contributed by atoms with Crippen LogP contribution in [0.15, 0.2) is 69.9 Å². The van der Waals surface area contributed by atoms with Crippen LogP contribution in [0.2, 0.25) is 0 Å². The smallest absolute Gasteiger partial charge is 0.330 e. The van der Waals surface area contributed by atoms with Crippen LogP contribution in [0.4, 0.5) is 0 Å². The summed E-state index contributed by atoms with van der Waals surface area (Å²) < 4.78 is 22.2. The Morgan fingerprint density at radius 2 is 1.55 bits per heavy atom. The third kappa shape index (κ3) is 6.09. The van der Waals surface area contributed by atoms with Crippen molar-refractivity contribution >= 4 is 23.0 Å². The molecule has 14 heteroatoms. The number of phenolic OH excluding ortho intramolecular Hbond substituents is 5. The van der Waals surface area contributed by atoms with Crippen molar-refractivity contribution < 1.29 is 64.3 Å². The molecule has 8 N–H and O–H groups in total. The van der Waals surface area contributed by atoms with E-state index in [4.69, 9.17) is 18.6 Å². The third-order valence-corrected chi connectivity index (χ3v) is 6.75. The molecule has 1 aliphatic heterocycles. The Labute approximate surface area is 247 Å². The molecule has 0 radical (unpaired) electrons. The van der Waals surface area contributed by atoms with Gasteiger partial charge in [-0.05, 0) is 48.0 Å². The number of fused-ring (bicyclic) bond motifs is 1. The van der Waals surface area contributed by atoms with E-state index in [9.17, 15) is 50.4 Å². The van der Waals surface area contributed by atoms with E-state index in [1.807, 2.05) is 0 Å². The average Bonchev–Trinajstić information content (AvgIpc) is 2.98. The lowest BCUT2D eigenvalue weighted by atomic mass is 9.99. The minimum atomic E-state index is -1.92. The number of ether oxygens (including phenoxy) is 3. The first-order valence-corrected chi connectivity index (χ1v) is 13.0. The van der Waals surface area contributed by atoms with Crippen LogP contribution in [0.5, 0.6) is 34.5 Å². The fourth-order valence-electron chi connectivity index (χ4n) is 4.47. The Morgan fingerprint density at radius 1 is 0.818 bits per heavy atom. The Bertz CT molecular complexity index is 1780. The molecule has 1 aliphatic rings. The molecule has 0 saturated carbocycles. The highest BCUT2D eigenvalue weighted by atomic mass is 16.7. The second kappa shape index (κ2) is 12.1. The summed E-state index contributed by atoms with van der Waals surface area (Å²) in [6.07, 6.45) is -6.57. The lowest BCUT2D eigenvalue weighted by Gasteiger charge is -2.39. The number of hydrogen-bond acceptors (Lipinski definition) is 14. The van der Waals surface area contributed by atoms with Crippen LogP contribution in [-0.4, -0.2) is 84.1 Å². The minimum absolute atomic E-state index is 0.105. The molecule has 14 nitrogen and oxygen atoms in total. The quantitative estimate of drug-likeness (QED) is 0.0840. The largest absolute Gasteiger partial charge is 0.508 e. The Morgan fingerprint density at radius 3 is 2.25 bits per heavy atom. The molecule has 4 aromatic rings. The molecule has 1 aromatic heterocycles. The molecule has 230 valence electrons. The summed E-state index contributed by atoms with van der Waals surface area (Å²) in [5.41, 5.74) is -0.608. The SMILES string of the molecule is O=C(C=Cc1ccc(O)c(O)c1)OCC1O[C@@H](Oc2c(-c3ccc(O)cc3)oc3cc(O)cc(O)c3c2=O)C(O)[C@H](O)[C@@H]1O. The van der Waals surface area contributed by atoms with E-state index < -0.39 is 71.7 Å². The monoisotopic (exact) mass is 610 g/mol. The van der Waals surface area contributed by atoms with Crippen LogP contribution in [0, 0.1) is 0 Å². The molecule has 44 heavy (non-hydrogen) atoms. The van der Waals surface area contributed by atoms with Crippen LogP contribution < -0.4 is 10.2 Å². The van der Waals surface area contributed by atoms with E-state index in [2.05, 4.69) is 0 Å². The van der Waals surface area contributed by atoms with Gasteiger partial charge in [0.1, 0.15) is 59.2 Å². The summed E-state index contributed by atoms with van der Waals surface area (Å²) in [7, 11) is 0. The highest BCUT2D eigenvalue weighted by molar-refractivity contribution is 5.88. The number of aliphatic hydroxyl groups is 3. The number of carbonyl (C=O) groups is 1. The van der Waals surface area contributed by atoms with Gasteiger partial charge < -0.3 is 59.5 Å². The zero-order valence-corrected chi connectivity index (χ0v) is 22.5. The molecule has 2 unspecified atom stereocenters. The Hall–Kier alpha value is -5.28. The van der Waals surface area contributed by atoms with Crippen molar-refractivity contribution in [3.05, 3.63) is 76.5 Å². The maximum absolute atomic E-state index is 13.5. The molecule has 3 aromatic carbocycles. The number of hydrogen-bond donors (Lipinski definition) is 8. The predicted octanol–water partition coefficient (Wildman–Crippen LogP) is 1.43. The third-order valence-electron chi connectivity index (χ3n) is 6.75. The molecular weight excluding hydrogens is 584 g/mol. The van der Waals surface area contributed by atoms with Gasteiger partial charge in [-0.3, -0.25) is 4.79 Å². The van der Waals surface area contributed by atoms with Crippen LogP contribution in [0.3, 0.4) is 0 Å². The lowest BCUT2D eigenvalue weighted by molar-refractivity contribution is -0.278. The summed E-state index contributed by atoms with van der Waals surface area (Å²) in [6.45, 7) is -0.633. The number of aromatic hydroxyl groups is 5. The van der Waals surface area contributed by atoms with Gasteiger partial charge in [-0.15, -0.1) is 0 Å². The van der Waals surface area contributed by atoms with Gasteiger partial charge in [0.05, 0.1) is 0 Å². The first-order valence-electron chi connectivity index (χ1n) is 13.0. The van der Waals surface area contributed by atoms with Crippen molar-refractivity contribution in [1.29, 1.82) is 0 Å². The zero-order valence-electron chi connectivity index (χ0n) is 22.5. The number of aliphatic hydroxyl groups excluding tert-OH is 3. The summed E-state index contributed by atoms with van der Waals surface area (Å²) >= 11 is 0. The average molecular weight is 611 g/mol. The van der Waals surface area contributed by atoms with Gasteiger partial charge in [-0.25, -0.2) is 4.79 Å². The molecule has 0 spiro atoms.